The van der Waals surface area contributed by atoms with Gasteiger partial charge < -0.3 is 5.32 Å². The molecule has 0 bridgehead atoms. The van der Waals surface area contributed by atoms with Crippen LogP contribution in [0.25, 0.3) is 0 Å². The van der Waals surface area contributed by atoms with Crippen LogP contribution in [0.3, 0.4) is 0 Å². The second-order valence-corrected chi connectivity index (χ2v) is 6.71. The van der Waals surface area contributed by atoms with Crippen LogP contribution >= 0.6 is 11.3 Å². The Kier molecular flexibility index (Phi) is 3.92. The molecule has 1 aliphatic rings. The van der Waals surface area contributed by atoms with Crippen LogP contribution in [-0.4, -0.2) is 24.0 Å². The van der Waals surface area contributed by atoms with Crippen molar-refractivity contribution < 1.29 is 0 Å². The highest BCUT2D eigenvalue weighted by atomic mass is 32.1. The molecule has 1 aliphatic heterocycles. The molecule has 1 saturated heterocycles. The highest BCUT2D eigenvalue weighted by Gasteiger charge is 2.37. The predicted molar refractivity (Wildman–Crippen MR) is 86.0 cm³/mol. The van der Waals surface area contributed by atoms with Crippen molar-refractivity contribution in [2.24, 2.45) is 0 Å². The molecule has 2 nitrogen and oxygen atoms in total. The van der Waals surface area contributed by atoms with Gasteiger partial charge in [0.15, 0.2) is 0 Å². The van der Waals surface area contributed by atoms with Crippen molar-refractivity contribution >= 4 is 11.3 Å². The smallest absolute Gasteiger partial charge is 0.0561 e. The summed E-state index contributed by atoms with van der Waals surface area (Å²) >= 11 is 1.78. The van der Waals surface area contributed by atoms with Gasteiger partial charge in [-0.25, -0.2) is 0 Å². The average molecular weight is 286 g/mol. The van der Waals surface area contributed by atoms with Gasteiger partial charge in [0.2, 0.25) is 0 Å². The molecule has 20 heavy (non-hydrogen) atoms. The lowest BCUT2D eigenvalue weighted by Crippen LogP contribution is -2.60. The standard InChI is InChI=1S/C17H22N2S/c1-14-10-19(11-15-8-9-20-12-15)17(2,13-18-14)16-6-4-3-5-7-16/h3-9,12,14,18H,10-11,13H2,1-2H3. The van der Waals surface area contributed by atoms with E-state index in [1.807, 2.05) is 0 Å². The first-order chi connectivity index (χ1) is 9.68. The van der Waals surface area contributed by atoms with Crippen molar-refractivity contribution in [1.29, 1.82) is 0 Å². The van der Waals surface area contributed by atoms with Crippen molar-refractivity contribution in [1.82, 2.24) is 10.2 Å². The fraction of sp³-hybridized carbons (Fsp3) is 0.412. The number of nitrogens with zero attached hydrogens (tertiary/aromatic N) is 1. The maximum absolute atomic E-state index is 3.64. The second-order valence-electron chi connectivity index (χ2n) is 5.93. The Bertz CT molecular complexity index is 537. The molecule has 1 aromatic heterocycles. The predicted octanol–water partition coefficient (Wildman–Crippen LogP) is 3.46. The molecular formula is C17H22N2S. The third-order valence-corrected chi connectivity index (χ3v) is 5.07. The van der Waals surface area contributed by atoms with Crippen molar-refractivity contribution in [3.8, 4) is 0 Å². The Morgan fingerprint density at radius 1 is 1.30 bits per heavy atom. The Balaban J connectivity index is 1.90. The van der Waals surface area contributed by atoms with Crippen LogP contribution in [0.15, 0.2) is 47.2 Å². The van der Waals surface area contributed by atoms with E-state index < -0.39 is 0 Å². The Morgan fingerprint density at radius 2 is 2.10 bits per heavy atom. The van der Waals surface area contributed by atoms with Crippen molar-refractivity contribution in [2.75, 3.05) is 13.1 Å². The molecule has 2 atom stereocenters. The van der Waals surface area contributed by atoms with Gasteiger partial charge in [0.1, 0.15) is 0 Å². The molecule has 1 N–H and O–H groups in total. The fourth-order valence-electron chi connectivity index (χ4n) is 3.01. The summed E-state index contributed by atoms with van der Waals surface area (Å²) in [4.78, 5) is 2.62. The van der Waals surface area contributed by atoms with Gasteiger partial charge in [-0.1, -0.05) is 30.3 Å². The molecule has 3 heteroatoms. The molecule has 3 rings (SSSR count). The number of rotatable bonds is 3. The summed E-state index contributed by atoms with van der Waals surface area (Å²) < 4.78 is 0. The summed E-state index contributed by atoms with van der Waals surface area (Å²) in [5.41, 5.74) is 2.89. The topological polar surface area (TPSA) is 15.3 Å². The minimum Gasteiger partial charge on any atom is -0.311 e. The number of benzene rings is 1. The zero-order valence-corrected chi connectivity index (χ0v) is 13.0. The fourth-order valence-corrected chi connectivity index (χ4v) is 3.67. The van der Waals surface area contributed by atoms with Crippen LogP contribution in [0, 0.1) is 0 Å². The van der Waals surface area contributed by atoms with Gasteiger partial charge >= 0.3 is 0 Å². The molecule has 0 spiro atoms. The SMILES string of the molecule is CC1CN(Cc2ccsc2)C(C)(c2ccccc2)CN1. The first-order valence-corrected chi connectivity index (χ1v) is 8.18. The molecule has 2 aromatic rings. The van der Waals surface area contributed by atoms with E-state index in [1.165, 1.54) is 11.1 Å². The van der Waals surface area contributed by atoms with Gasteiger partial charge in [0.05, 0.1) is 5.54 Å². The first-order valence-electron chi connectivity index (χ1n) is 7.23. The highest BCUT2D eigenvalue weighted by molar-refractivity contribution is 7.07. The summed E-state index contributed by atoms with van der Waals surface area (Å²) in [7, 11) is 0. The molecule has 0 saturated carbocycles. The molecule has 106 valence electrons. The van der Waals surface area contributed by atoms with Crippen LogP contribution in [-0.2, 0) is 12.1 Å². The molecular weight excluding hydrogens is 264 g/mol. The van der Waals surface area contributed by atoms with E-state index in [4.69, 9.17) is 0 Å². The van der Waals surface area contributed by atoms with E-state index in [2.05, 4.69) is 71.2 Å². The third kappa shape index (κ3) is 2.66. The Morgan fingerprint density at radius 3 is 2.80 bits per heavy atom. The van der Waals surface area contributed by atoms with E-state index in [9.17, 15) is 0 Å². The molecule has 0 radical (unpaired) electrons. The summed E-state index contributed by atoms with van der Waals surface area (Å²) in [5, 5.41) is 8.07. The van der Waals surface area contributed by atoms with E-state index in [0.717, 1.165) is 19.6 Å². The van der Waals surface area contributed by atoms with Crippen LogP contribution in [0.1, 0.15) is 25.0 Å². The second kappa shape index (κ2) is 5.68. The summed E-state index contributed by atoms with van der Waals surface area (Å²) in [5.74, 6) is 0. The van der Waals surface area contributed by atoms with Crippen LogP contribution in [0.4, 0.5) is 0 Å². The largest absolute Gasteiger partial charge is 0.311 e. The monoisotopic (exact) mass is 286 g/mol. The number of hydrogen-bond donors (Lipinski definition) is 1. The van der Waals surface area contributed by atoms with Crippen molar-refractivity contribution in [2.45, 2.75) is 32.0 Å². The lowest BCUT2D eigenvalue weighted by molar-refractivity contribution is 0.0459. The minimum atomic E-state index is 0.0652. The van der Waals surface area contributed by atoms with E-state index in [0.29, 0.717) is 6.04 Å². The van der Waals surface area contributed by atoms with Gasteiger partial charge in [0.25, 0.3) is 0 Å². The Hall–Kier alpha value is -1.16. The molecule has 0 amide bonds. The number of thiophene rings is 1. The zero-order valence-electron chi connectivity index (χ0n) is 12.2. The molecule has 2 unspecified atom stereocenters. The number of hydrogen-bond acceptors (Lipinski definition) is 3. The normalized spacial score (nSPS) is 27.6. The van der Waals surface area contributed by atoms with E-state index in [-0.39, 0.29) is 5.54 Å². The van der Waals surface area contributed by atoms with Gasteiger partial charge in [-0.15, -0.1) is 0 Å². The van der Waals surface area contributed by atoms with Crippen LogP contribution in [0.5, 0.6) is 0 Å². The van der Waals surface area contributed by atoms with Crippen LogP contribution in [0.2, 0.25) is 0 Å². The third-order valence-electron chi connectivity index (χ3n) is 4.34. The number of nitrogens with one attached hydrogen (secondary N) is 1. The zero-order chi connectivity index (χ0) is 14.0. The molecule has 1 aromatic carbocycles. The molecule has 1 fully saturated rings. The average Bonchev–Trinajstić information content (AvgIpc) is 2.97. The van der Waals surface area contributed by atoms with E-state index in [1.54, 1.807) is 11.3 Å². The number of piperazine rings is 1. The molecule has 0 aliphatic carbocycles. The van der Waals surface area contributed by atoms with Crippen LogP contribution < -0.4 is 5.32 Å². The summed E-state index contributed by atoms with van der Waals surface area (Å²) in [6, 6.07) is 13.7. The van der Waals surface area contributed by atoms with Crippen molar-refractivity contribution in [3.63, 3.8) is 0 Å². The van der Waals surface area contributed by atoms with E-state index >= 15 is 0 Å². The minimum absolute atomic E-state index is 0.0652. The van der Waals surface area contributed by atoms with Gasteiger partial charge in [0, 0.05) is 25.7 Å². The van der Waals surface area contributed by atoms with Crippen molar-refractivity contribution in [3.05, 3.63) is 58.3 Å². The maximum Gasteiger partial charge on any atom is 0.0561 e. The summed E-state index contributed by atoms with van der Waals surface area (Å²) in [6.07, 6.45) is 0. The lowest BCUT2D eigenvalue weighted by atomic mass is 9.87. The highest BCUT2D eigenvalue weighted by Crippen LogP contribution is 2.32. The van der Waals surface area contributed by atoms with Gasteiger partial charge in [-0.2, -0.15) is 11.3 Å². The lowest BCUT2D eigenvalue weighted by Gasteiger charge is -2.48. The molecule has 2 heterocycles. The quantitative estimate of drug-likeness (QED) is 0.929. The van der Waals surface area contributed by atoms with Gasteiger partial charge in [-0.05, 0) is 41.8 Å². The first kappa shape index (κ1) is 13.8. The Labute approximate surface area is 125 Å². The van der Waals surface area contributed by atoms with Gasteiger partial charge in [-0.3, -0.25) is 4.90 Å². The maximum atomic E-state index is 3.64. The summed E-state index contributed by atoms with van der Waals surface area (Å²) in [6.45, 7) is 7.74.